The van der Waals surface area contributed by atoms with Crippen molar-refractivity contribution in [3.63, 3.8) is 0 Å². The zero-order chi connectivity index (χ0) is 16.8. The molecule has 0 aliphatic heterocycles. The van der Waals surface area contributed by atoms with E-state index < -0.39 is 11.9 Å². The monoisotopic (exact) mass is 306 g/mol. The van der Waals surface area contributed by atoms with E-state index in [2.05, 4.69) is 5.32 Å². The van der Waals surface area contributed by atoms with Gasteiger partial charge in [-0.3, -0.25) is 4.79 Å². The highest BCUT2D eigenvalue weighted by molar-refractivity contribution is 6.11. The number of para-hydroxylation sites is 1. The molecule has 0 saturated heterocycles. The van der Waals surface area contributed by atoms with Crippen molar-refractivity contribution >= 4 is 23.6 Å². The van der Waals surface area contributed by atoms with Crippen molar-refractivity contribution in [1.29, 1.82) is 5.26 Å². The van der Waals surface area contributed by atoms with E-state index in [1.54, 1.807) is 24.3 Å². The number of nitriles is 1. The molecule has 0 aromatic heterocycles. The number of carbonyl (C=O) groups is 2. The zero-order valence-corrected chi connectivity index (χ0v) is 12.4. The van der Waals surface area contributed by atoms with Crippen LogP contribution in [0.15, 0.2) is 54.1 Å². The summed E-state index contributed by atoms with van der Waals surface area (Å²) in [6, 6.07) is 15.2. The Morgan fingerprint density at radius 2 is 1.78 bits per heavy atom. The minimum Gasteiger partial charge on any atom is -0.478 e. The molecule has 2 aromatic rings. The fraction of sp³-hybridized carbons (Fsp3) is 0.0556. The molecule has 2 rings (SSSR count). The molecular formula is C18H14N2O3. The van der Waals surface area contributed by atoms with Gasteiger partial charge in [-0.1, -0.05) is 42.0 Å². The van der Waals surface area contributed by atoms with Crippen LogP contribution in [0, 0.1) is 18.3 Å². The van der Waals surface area contributed by atoms with Gasteiger partial charge in [0.15, 0.2) is 0 Å². The molecule has 0 heterocycles. The SMILES string of the molecule is Cc1ccc(/C=C(\C#N)C(=O)Nc2ccccc2C(=O)O)cc1. The number of carboxylic acids is 1. The van der Waals surface area contributed by atoms with E-state index in [1.165, 1.54) is 18.2 Å². The molecule has 0 atom stereocenters. The number of aryl methyl sites for hydroxylation is 1. The topological polar surface area (TPSA) is 90.2 Å². The third kappa shape index (κ3) is 4.05. The van der Waals surface area contributed by atoms with Crippen molar-refractivity contribution in [2.24, 2.45) is 0 Å². The van der Waals surface area contributed by atoms with Gasteiger partial charge in [0.1, 0.15) is 11.6 Å². The largest absolute Gasteiger partial charge is 0.478 e. The number of anilines is 1. The summed E-state index contributed by atoms with van der Waals surface area (Å²) in [7, 11) is 0. The predicted octanol–water partition coefficient (Wildman–Crippen LogP) is 3.24. The molecule has 114 valence electrons. The number of carboxylic acid groups (broad SMARTS) is 1. The van der Waals surface area contributed by atoms with Crippen LogP contribution in [-0.2, 0) is 4.79 Å². The first kappa shape index (κ1) is 16.0. The number of nitrogens with one attached hydrogen (secondary N) is 1. The second-order valence-electron chi connectivity index (χ2n) is 4.89. The molecule has 0 bridgehead atoms. The van der Waals surface area contributed by atoms with Crippen LogP contribution < -0.4 is 5.32 Å². The molecule has 0 fully saturated rings. The van der Waals surface area contributed by atoms with Crippen LogP contribution >= 0.6 is 0 Å². The lowest BCUT2D eigenvalue weighted by molar-refractivity contribution is -0.112. The van der Waals surface area contributed by atoms with Crippen LogP contribution in [0.1, 0.15) is 21.5 Å². The molecule has 2 N–H and O–H groups in total. The third-order valence-electron chi connectivity index (χ3n) is 3.16. The zero-order valence-electron chi connectivity index (χ0n) is 12.4. The maximum Gasteiger partial charge on any atom is 0.337 e. The minimum atomic E-state index is -1.15. The Morgan fingerprint density at radius 1 is 1.13 bits per heavy atom. The van der Waals surface area contributed by atoms with Gasteiger partial charge in [-0.2, -0.15) is 5.26 Å². The van der Waals surface area contributed by atoms with E-state index in [9.17, 15) is 14.9 Å². The van der Waals surface area contributed by atoms with Gasteiger partial charge < -0.3 is 10.4 Å². The molecule has 1 amide bonds. The Morgan fingerprint density at radius 3 is 2.39 bits per heavy atom. The molecule has 2 aromatic carbocycles. The van der Waals surface area contributed by atoms with Gasteiger partial charge in [-0.15, -0.1) is 0 Å². The highest BCUT2D eigenvalue weighted by atomic mass is 16.4. The summed E-state index contributed by atoms with van der Waals surface area (Å²) < 4.78 is 0. The maximum atomic E-state index is 12.2. The molecule has 0 unspecified atom stereocenters. The molecular weight excluding hydrogens is 292 g/mol. The number of hydrogen-bond acceptors (Lipinski definition) is 3. The summed E-state index contributed by atoms with van der Waals surface area (Å²) >= 11 is 0. The summed E-state index contributed by atoms with van der Waals surface area (Å²) in [6.07, 6.45) is 1.46. The fourth-order valence-electron chi connectivity index (χ4n) is 1.95. The normalized spacial score (nSPS) is 10.7. The Hall–Kier alpha value is -3.39. The van der Waals surface area contributed by atoms with Gasteiger partial charge >= 0.3 is 5.97 Å². The molecule has 23 heavy (non-hydrogen) atoms. The van der Waals surface area contributed by atoms with Crippen molar-refractivity contribution in [2.45, 2.75) is 6.92 Å². The lowest BCUT2D eigenvalue weighted by atomic mass is 10.1. The first-order valence-electron chi connectivity index (χ1n) is 6.83. The summed E-state index contributed by atoms with van der Waals surface area (Å²) in [5.74, 6) is -1.80. The van der Waals surface area contributed by atoms with Crippen LogP contribution in [0.5, 0.6) is 0 Å². The van der Waals surface area contributed by atoms with Crippen LogP contribution in [0.4, 0.5) is 5.69 Å². The smallest absolute Gasteiger partial charge is 0.337 e. The quantitative estimate of drug-likeness (QED) is 0.670. The number of aromatic carboxylic acids is 1. The fourth-order valence-corrected chi connectivity index (χ4v) is 1.95. The second kappa shape index (κ2) is 7.05. The Labute approximate surface area is 133 Å². The Balaban J connectivity index is 2.27. The van der Waals surface area contributed by atoms with E-state index >= 15 is 0 Å². The van der Waals surface area contributed by atoms with Crippen LogP contribution in [0.2, 0.25) is 0 Å². The summed E-state index contributed by atoms with van der Waals surface area (Å²) in [5, 5.41) is 20.7. The third-order valence-corrected chi connectivity index (χ3v) is 3.16. The van der Waals surface area contributed by atoms with Gasteiger partial charge in [0.25, 0.3) is 5.91 Å². The summed E-state index contributed by atoms with van der Waals surface area (Å²) in [4.78, 5) is 23.3. The second-order valence-corrected chi connectivity index (χ2v) is 4.89. The molecule has 0 saturated carbocycles. The van der Waals surface area contributed by atoms with E-state index in [4.69, 9.17) is 5.11 Å². The van der Waals surface area contributed by atoms with Crippen LogP contribution in [0.3, 0.4) is 0 Å². The number of carbonyl (C=O) groups excluding carboxylic acids is 1. The number of rotatable bonds is 4. The number of amides is 1. The van der Waals surface area contributed by atoms with Gasteiger partial charge in [0.05, 0.1) is 11.3 Å². The first-order valence-corrected chi connectivity index (χ1v) is 6.83. The van der Waals surface area contributed by atoms with Gasteiger partial charge in [0.2, 0.25) is 0 Å². The van der Waals surface area contributed by atoms with Gasteiger partial charge in [-0.05, 0) is 30.7 Å². The molecule has 0 aliphatic carbocycles. The molecule has 0 spiro atoms. The lowest BCUT2D eigenvalue weighted by Gasteiger charge is -2.07. The highest BCUT2D eigenvalue weighted by Crippen LogP contribution is 2.17. The summed E-state index contributed by atoms with van der Waals surface area (Å²) in [5.41, 5.74) is 1.80. The van der Waals surface area contributed by atoms with E-state index in [0.29, 0.717) is 5.56 Å². The number of benzene rings is 2. The number of hydrogen-bond donors (Lipinski definition) is 2. The summed E-state index contributed by atoms with van der Waals surface area (Å²) in [6.45, 7) is 1.94. The average Bonchev–Trinajstić information content (AvgIpc) is 2.54. The van der Waals surface area contributed by atoms with Crippen molar-refractivity contribution in [3.05, 3.63) is 70.8 Å². The van der Waals surface area contributed by atoms with Crippen molar-refractivity contribution in [2.75, 3.05) is 5.32 Å². The van der Waals surface area contributed by atoms with Crippen molar-refractivity contribution in [1.82, 2.24) is 0 Å². The molecule has 0 radical (unpaired) electrons. The Bertz CT molecular complexity index is 815. The van der Waals surface area contributed by atoms with Crippen molar-refractivity contribution in [3.8, 4) is 6.07 Å². The van der Waals surface area contributed by atoms with Gasteiger partial charge in [-0.25, -0.2) is 4.79 Å². The molecule has 0 aliphatic rings. The highest BCUT2D eigenvalue weighted by Gasteiger charge is 2.14. The standard InChI is InChI=1S/C18H14N2O3/c1-12-6-8-13(9-7-12)10-14(11-19)17(21)20-16-5-3-2-4-15(16)18(22)23/h2-10H,1H3,(H,20,21)(H,22,23)/b14-10+. The van der Waals surface area contributed by atoms with E-state index in [-0.39, 0.29) is 16.8 Å². The lowest BCUT2D eigenvalue weighted by Crippen LogP contribution is -2.16. The van der Waals surface area contributed by atoms with Gasteiger partial charge in [0, 0.05) is 0 Å². The van der Waals surface area contributed by atoms with E-state index in [1.807, 2.05) is 25.1 Å². The first-order chi connectivity index (χ1) is 11.0. The minimum absolute atomic E-state index is 0.0338. The van der Waals surface area contributed by atoms with Crippen molar-refractivity contribution < 1.29 is 14.7 Å². The van der Waals surface area contributed by atoms with E-state index in [0.717, 1.165) is 5.56 Å². The number of nitrogens with zero attached hydrogens (tertiary/aromatic N) is 1. The Kier molecular flexibility index (Phi) is 4.90. The van der Waals surface area contributed by atoms with Crippen LogP contribution in [0.25, 0.3) is 6.08 Å². The van der Waals surface area contributed by atoms with Crippen LogP contribution in [-0.4, -0.2) is 17.0 Å². The average molecular weight is 306 g/mol. The predicted molar refractivity (Wildman–Crippen MR) is 86.8 cm³/mol. The molecule has 5 heteroatoms. The maximum absolute atomic E-state index is 12.2. The molecule has 5 nitrogen and oxygen atoms in total.